The third-order valence-electron chi connectivity index (χ3n) is 2.84. The van der Waals surface area contributed by atoms with Crippen LogP contribution in [0.5, 0.6) is 0 Å². The van der Waals surface area contributed by atoms with Crippen LogP contribution >= 0.6 is 0 Å². The predicted molar refractivity (Wildman–Crippen MR) is 75.1 cm³/mol. The van der Waals surface area contributed by atoms with Crippen molar-refractivity contribution in [3.8, 4) is 0 Å². The fourth-order valence-electron chi connectivity index (χ4n) is 1.83. The van der Waals surface area contributed by atoms with E-state index in [1.165, 1.54) is 24.3 Å². The Morgan fingerprint density at radius 3 is 2.32 bits per heavy atom. The Morgan fingerprint density at radius 1 is 1.18 bits per heavy atom. The van der Waals surface area contributed by atoms with Gasteiger partial charge in [-0.05, 0) is 42.8 Å². The summed E-state index contributed by atoms with van der Waals surface area (Å²) in [5.41, 5.74) is 0.0513. The largest absolute Gasteiger partial charge is 0.417 e. The van der Waals surface area contributed by atoms with Crippen molar-refractivity contribution in [2.75, 3.05) is 5.32 Å². The predicted octanol–water partition coefficient (Wildman–Crippen LogP) is 2.80. The minimum atomic E-state index is -4.45. The zero-order chi connectivity index (χ0) is 16.5. The summed E-state index contributed by atoms with van der Waals surface area (Å²) in [7, 11) is -3.81. The van der Waals surface area contributed by atoms with Crippen LogP contribution in [0.4, 0.5) is 24.7 Å². The van der Waals surface area contributed by atoms with E-state index >= 15 is 0 Å². The Morgan fingerprint density at radius 2 is 1.86 bits per heavy atom. The maximum Gasteiger partial charge on any atom is 0.417 e. The molecular formula is C13H12F3N3O2S. The smallest absolute Gasteiger partial charge is 0.340 e. The number of aryl methyl sites for hydroxylation is 1. The molecule has 0 bridgehead atoms. The number of alkyl halides is 3. The highest BCUT2D eigenvalue weighted by atomic mass is 32.2. The molecule has 2 aromatic rings. The zero-order valence-electron chi connectivity index (χ0n) is 11.3. The van der Waals surface area contributed by atoms with Crippen LogP contribution in [0.3, 0.4) is 0 Å². The number of benzene rings is 1. The van der Waals surface area contributed by atoms with E-state index in [2.05, 4.69) is 10.3 Å². The average Bonchev–Trinajstić information content (AvgIpc) is 2.36. The highest BCUT2D eigenvalue weighted by Gasteiger charge is 2.30. The van der Waals surface area contributed by atoms with E-state index in [0.717, 1.165) is 6.07 Å². The van der Waals surface area contributed by atoms with Gasteiger partial charge in [-0.15, -0.1) is 0 Å². The van der Waals surface area contributed by atoms with Gasteiger partial charge in [0.1, 0.15) is 5.82 Å². The molecule has 2 rings (SSSR count). The van der Waals surface area contributed by atoms with Crippen molar-refractivity contribution in [2.24, 2.45) is 5.14 Å². The molecule has 0 aliphatic heterocycles. The first-order valence-electron chi connectivity index (χ1n) is 6.01. The van der Waals surface area contributed by atoms with Gasteiger partial charge in [0.25, 0.3) is 0 Å². The lowest BCUT2D eigenvalue weighted by atomic mass is 10.2. The maximum atomic E-state index is 12.4. The Bertz CT molecular complexity index is 787. The van der Waals surface area contributed by atoms with Crippen LogP contribution in [0.25, 0.3) is 0 Å². The standard InChI is InChI=1S/C13H12F3N3O2S/c1-8-6-10(3-4-11(8)22(17,20)21)19-12-5-2-9(7-18-12)13(14,15)16/h2-7H,1H3,(H,18,19)(H2,17,20,21). The highest BCUT2D eigenvalue weighted by molar-refractivity contribution is 7.89. The molecule has 1 heterocycles. The van der Waals surface area contributed by atoms with Gasteiger partial charge >= 0.3 is 6.18 Å². The van der Waals surface area contributed by atoms with Gasteiger partial charge in [-0.25, -0.2) is 18.5 Å². The molecule has 1 aromatic carbocycles. The first-order valence-corrected chi connectivity index (χ1v) is 7.56. The molecule has 0 unspecified atom stereocenters. The highest BCUT2D eigenvalue weighted by Crippen LogP contribution is 2.29. The number of aromatic nitrogens is 1. The van der Waals surface area contributed by atoms with Gasteiger partial charge < -0.3 is 5.32 Å². The van der Waals surface area contributed by atoms with Crippen LogP contribution in [0.1, 0.15) is 11.1 Å². The van der Waals surface area contributed by atoms with Crippen LogP contribution in [0, 0.1) is 6.92 Å². The number of nitrogens with zero attached hydrogens (tertiary/aromatic N) is 1. The molecule has 0 radical (unpaired) electrons. The van der Waals surface area contributed by atoms with Crippen molar-refractivity contribution in [1.82, 2.24) is 4.98 Å². The normalized spacial score (nSPS) is 12.2. The molecule has 0 fully saturated rings. The quantitative estimate of drug-likeness (QED) is 0.906. The molecule has 0 saturated carbocycles. The topological polar surface area (TPSA) is 85.1 Å². The van der Waals surface area contributed by atoms with E-state index < -0.39 is 21.8 Å². The third kappa shape index (κ3) is 3.74. The summed E-state index contributed by atoms with van der Waals surface area (Å²) in [6.07, 6.45) is -3.73. The van der Waals surface area contributed by atoms with E-state index in [0.29, 0.717) is 17.4 Å². The number of halogens is 3. The van der Waals surface area contributed by atoms with Crippen molar-refractivity contribution >= 4 is 21.5 Å². The summed E-state index contributed by atoms with van der Waals surface area (Å²) < 4.78 is 59.9. The number of pyridine rings is 1. The summed E-state index contributed by atoms with van der Waals surface area (Å²) in [4.78, 5) is 3.65. The van der Waals surface area contributed by atoms with Crippen molar-refractivity contribution in [3.05, 3.63) is 47.7 Å². The van der Waals surface area contributed by atoms with Crippen molar-refractivity contribution < 1.29 is 21.6 Å². The maximum absolute atomic E-state index is 12.4. The summed E-state index contributed by atoms with van der Waals surface area (Å²) in [5.74, 6) is 0.204. The Labute approximate surface area is 125 Å². The van der Waals surface area contributed by atoms with Crippen LogP contribution in [0.2, 0.25) is 0 Å². The van der Waals surface area contributed by atoms with Gasteiger partial charge in [-0.3, -0.25) is 0 Å². The van der Waals surface area contributed by atoms with Gasteiger partial charge in [0, 0.05) is 11.9 Å². The summed E-state index contributed by atoms with van der Waals surface area (Å²) >= 11 is 0. The molecule has 1 aromatic heterocycles. The minimum Gasteiger partial charge on any atom is -0.340 e. The lowest BCUT2D eigenvalue weighted by Gasteiger charge is -2.10. The van der Waals surface area contributed by atoms with Crippen molar-refractivity contribution in [3.63, 3.8) is 0 Å². The molecule has 0 saturated heterocycles. The van der Waals surface area contributed by atoms with Gasteiger partial charge in [-0.1, -0.05) is 0 Å². The number of rotatable bonds is 3. The number of anilines is 2. The molecule has 0 aliphatic carbocycles. The molecule has 0 amide bonds. The first-order chi connectivity index (χ1) is 10.1. The SMILES string of the molecule is Cc1cc(Nc2ccc(C(F)(F)F)cn2)ccc1S(N)(=O)=O. The molecule has 22 heavy (non-hydrogen) atoms. The summed E-state index contributed by atoms with van der Waals surface area (Å²) in [6.45, 7) is 1.56. The monoisotopic (exact) mass is 331 g/mol. The van der Waals surface area contributed by atoms with Gasteiger partial charge in [0.2, 0.25) is 10.0 Å². The number of sulfonamides is 1. The van der Waals surface area contributed by atoms with Crippen LogP contribution in [-0.4, -0.2) is 13.4 Å². The average molecular weight is 331 g/mol. The van der Waals surface area contributed by atoms with Gasteiger partial charge in [0.05, 0.1) is 10.5 Å². The second-order valence-corrected chi connectivity index (χ2v) is 6.11. The number of primary sulfonamides is 1. The second-order valence-electron chi connectivity index (χ2n) is 4.58. The molecule has 3 N–H and O–H groups in total. The van der Waals surface area contributed by atoms with Gasteiger partial charge in [-0.2, -0.15) is 13.2 Å². The van der Waals surface area contributed by atoms with Crippen molar-refractivity contribution in [1.29, 1.82) is 0 Å². The lowest BCUT2D eigenvalue weighted by molar-refractivity contribution is -0.137. The lowest BCUT2D eigenvalue weighted by Crippen LogP contribution is -2.13. The Kier molecular flexibility index (Phi) is 4.12. The number of hydrogen-bond donors (Lipinski definition) is 2. The third-order valence-corrected chi connectivity index (χ3v) is 3.92. The van der Waals surface area contributed by atoms with Crippen LogP contribution in [0.15, 0.2) is 41.4 Å². The fourth-order valence-corrected chi connectivity index (χ4v) is 2.60. The molecule has 5 nitrogen and oxygen atoms in total. The molecular weight excluding hydrogens is 319 g/mol. The summed E-state index contributed by atoms with van der Waals surface area (Å²) in [5, 5.41) is 7.84. The number of nitrogens with two attached hydrogens (primary N) is 1. The van der Waals surface area contributed by atoms with Gasteiger partial charge in [0.15, 0.2) is 0 Å². The molecule has 118 valence electrons. The molecule has 0 aliphatic rings. The fraction of sp³-hybridized carbons (Fsp3) is 0.154. The van der Waals surface area contributed by atoms with E-state index in [4.69, 9.17) is 5.14 Å². The van der Waals surface area contributed by atoms with Crippen LogP contribution < -0.4 is 10.5 Å². The number of hydrogen-bond acceptors (Lipinski definition) is 4. The zero-order valence-corrected chi connectivity index (χ0v) is 12.2. The molecule has 0 atom stereocenters. The van der Waals surface area contributed by atoms with E-state index in [1.54, 1.807) is 6.92 Å². The van der Waals surface area contributed by atoms with E-state index in [1.807, 2.05) is 0 Å². The first kappa shape index (κ1) is 16.2. The van der Waals surface area contributed by atoms with Crippen molar-refractivity contribution in [2.45, 2.75) is 18.0 Å². The number of nitrogens with one attached hydrogen (secondary N) is 1. The second kappa shape index (κ2) is 5.58. The molecule has 9 heteroatoms. The summed E-state index contributed by atoms with van der Waals surface area (Å²) in [6, 6.07) is 6.37. The minimum absolute atomic E-state index is 0.0153. The Balaban J connectivity index is 2.23. The van der Waals surface area contributed by atoms with E-state index in [-0.39, 0.29) is 10.7 Å². The molecule has 0 spiro atoms. The Hall–Kier alpha value is -2.13. The van der Waals surface area contributed by atoms with Crippen LogP contribution in [-0.2, 0) is 16.2 Å². The van der Waals surface area contributed by atoms with E-state index in [9.17, 15) is 21.6 Å².